The summed E-state index contributed by atoms with van der Waals surface area (Å²) >= 11 is 5.71. The summed E-state index contributed by atoms with van der Waals surface area (Å²) in [4.78, 5) is 12.6. The molecule has 3 rings (SSSR count). The first kappa shape index (κ1) is 24.8. The summed E-state index contributed by atoms with van der Waals surface area (Å²) in [5.74, 6) is 0.706. The number of aryl methyl sites for hydroxylation is 1. The zero-order valence-corrected chi connectivity index (χ0v) is 21.9. The Morgan fingerprint density at radius 2 is 1.94 bits per heavy atom. The average molecular weight is 617 g/mol. The van der Waals surface area contributed by atoms with Gasteiger partial charge in [-0.1, -0.05) is 46.3 Å². The smallest absolute Gasteiger partial charge is 0.266 e. The number of ether oxygens (including phenoxy) is 2. The number of hydrogen-bond acceptors (Lipinski definition) is 4. The Labute approximate surface area is 215 Å². The van der Waals surface area contributed by atoms with Crippen LogP contribution in [0.1, 0.15) is 23.6 Å². The topological polar surface area (TPSA) is 71.3 Å². The number of carbonyl (C=O) groups excluding carboxylic acids is 1. The summed E-state index contributed by atoms with van der Waals surface area (Å²) in [5, 5.41) is 12.4. The molecule has 1 amide bonds. The third kappa shape index (κ3) is 6.83. The van der Waals surface area contributed by atoms with E-state index in [4.69, 9.17) is 9.47 Å². The molecule has 0 radical (unpaired) electrons. The van der Waals surface area contributed by atoms with Crippen molar-refractivity contribution in [1.29, 1.82) is 5.26 Å². The Hall–Kier alpha value is -2.83. The molecule has 3 aromatic carbocycles. The minimum Gasteiger partial charge on any atom is -0.490 e. The van der Waals surface area contributed by atoms with Crippen LogP contribution in [0.25, 0.3) is 6.08 Å². The van der Waals surface area contributed by atoms with Crippen molar-refractivity contribution < 1.29 is 14.3 Å². The highest BCUT2D eigenvalue weighted by Gasteiger charge is 2.15. The Balaban J connectivity index is 1.86. The van der Waals surface area contributed by atoms with E-state index in [1.165, 1.54) is 0 Å². The number of benzene rings is 3. The van der Waals surface area contributed by atoms with Crippen LogP contribution in [0.5, 0.6) is 11.5 Å². The third-order valence-electron chi connectivity index (χ3n) is 4.61. The largest absolute Gasteiger partial charge is 0.490 e. The Morgan fingerprint density at radius 1 is 1.15 bits per heavy atom. The lowest BCUT2D eigenvalue weighted by Gasteiger charge is -2.15. The molecular weight excluding hydrogens is 595 g/mol. The molecular formula is C26H22BrIN2O3. The molecule has 0 heterocycles. The van der Waals surface area contributed by atoms with Crippen LogP contribution < -0.4 is 14.8 Å². The van der Waals surface area contributed by atoms with Crippen LogP contribution in [0.3, 0.4) is 0 Å². The molecule has 0 fully saturated rings. The normalized spacial score (nSPS) is 10.9. The van der Waals surface area contributed by atoms with Gasteiger partial charge in [0.05, 0.1) is 10.2 Å². The number of anilines is 1. The van der Waals surface area contributed by atoms with Crippen molar-refractivity contribution >= 4 is 56.2 Å². The quantitative estimate of drug-likeness (QED) is 0.170. The van der Waals surface area contributed by atoms with Gasteiger partial charge >= 0.3 is 0 Å². The number of nitriles is 1. The fraction of sp³-hybridized carbons (Fsp3) is 0.154. The zero-order valence-electron chi connectivity index (χ0n) is 18.2. The molecule has 168 valence electrons. The molecule has 0 saturated heterocycles. The molecule has 5 nitrogen and oxygen atoms in total. The number of amides is 1. The van der Waals surface area contributed by atoms with Crippen LogP contribution in [0.4, 0.5) is 5.69 Å². The number of rotatable bonds is 8. The zero-order chi connectivity index (χ0) is 23.8. The van der Waals surface area contributed by atoms with Crippen molar-refractivity contribution in [2.45, 2.75) is 20.5 Å². The van der Waals surface area contributed by atoms with E-state index in [0.29, 0.717) is 36.0 Å². The van der Waals surface area contributed by atoms with Gasteiger partial charge < -0.3 is 14.8 Å². The highest BCUT2D eigenvalue weighted by molar-refractivity contribution is 14.1. The minimum atomic E-state index is -0.467. The van der Waals surface area contributed by atoms with Crippen LogP contribution in [0.15, 0.2) is 70.7 Å². The van der Waals surface area contributed by atoms with Gasteiger partial charge in [0.25, 0.3) is 5.91 Å². The molecule has 33 heavy (non-hydrogen) atoms. The molecule has 0 unspecified atom stereocenters. The summed E-state index contributed by atoms with van der Waals surface area (Å²) in [7, 11) is 0. The molecule has 7 heteroatoms. The van der Waals surface area contributed by atoms with E-state index in [9.17, 15) is 10.1 Å². The fourth-order valence-electron chi connectivity index (χ4n) is 3.08. The maximum atomic E-state index is 12.6. The summed E-state index contributed by atoms with van der Waals surface area (Å²) in [5.41, 5.74) is 3.34. The van der Waals surface area contributed by atoms with Crippen LogP contribution in [-0.4, -0.2) is 12.5 Å². The molecule has 1 N–H and O–H groups in total. The first-order chi connectivity index (χ1) is 15.9. The summed E-state index contributed by atoms with van der Waals surface area (Å²) < 4.78 is 13.7. The molecule has 0 saturated carbocycles. The van der Waals surface area contributed by atoms with E-state index in [0.717, 1.165) is 19.2 Å². The van der Waals surface area contributed by atoms with E-state index in [1.54, 1.807) is 18.2 Å². The van der Waals surface area contributed by atoms with E-state index >= 15 is 0 Å². The van der Waals surface area contributed by atoms with Crippen LogP contribution in [-0.2, 0) is 11.4 Å². The van der Waals surface area contributed by atoms with Gasteiger partial charge in [-0.3, -0.25) is 4.79 Å². The Morgan fingerprint density at radius 3 is 2.64 bits per heavy atom. The first-order valence-electron chi connectivity index (χ1n) is 10.2. The Bertz CT molecular complexity index is 1230. The first-order valence-corrected chi connectivity index (χ1v) is 12.1. The summed E-state index contributed by atoms with van der Waals surface area (Å²) in [6, 6.07) is 20.9. The van der Waals surface area contributed by atoms with Gasteiger partial charge in [-0.05, 0) is 84.0 Å². The van der Waals surface area contributed by atoms with Gasteiger partial charge in [0.15, 0.2) is 11.5 Å². The highest BCUT2D eigenvalue weighted by atomic mass is 127. The molecule has 0 bridgehead atoms. The molecule has 0 aliphatic carbocycles. The monoisotopic (exact) mass is 616 g/mol. The number of nitrogens with zero attached hydrogens (tertiary/aromatic N) is 1. The van der Waals surface area contributed by atoms with Crippen molar-refractivity contribution in [2.24, 2.45) is 0 Å². The number of nitrogens with one attached hydrogen (secondary N) is 1. The van der Waals surface area contributed by atoms with Gasteiger partial charge in [-0.2, -0.15) is 5.26 Å². The predicted molar refractivity (Wildman–Crippen MR) is 142 cm³/mol. The molecule has 3 aromatic rings. The molecule has 0 aliphatic rings. The van der Waals surface area contributed by atoms with Crippen molar-refractivity contribution in [3.05, 3.63) is 91.0 Å². The lowest BCUT2D eigenvalue weighted by atomic mass is 10.1. The van der Waals surface area contributed by atoms with Crippen LogP contribution in [0, 0.1) is 21.8 Å². The lowest BCUT2D eigenvalue weighted by Crippen LogP contribution is -2.13. The summed E-state index contributed by atoms with van der Waals surface area (Å²) in [6.07, 6.45) is 1.55. The lowest BCUT2D eigenvalue weighted by molar-refractivity contribution is -0.112. The van der Waals surface area contributed by atoms with Gasteiger partial charge in [-0.15, -0.1) is 0 Å². The van der Waals surface area contributed by atoms with Crippen molar-refractivity contribution in [3.63, 3.8) is 0 Å². The number of halogens is 2. The predicted octanol–water partition coefficient (Wildman–Crippen LogP) is 6.89. The van der Waals surface area contributed by atoms with E-state index in [2.05, 4.69) is 43.8 Å². The van der Waals surface area contributed by atoms with Crippen molar-refractivity contribution in [3.8, 4) is 17.6 Å². The van der Waals surface area contributed by atoms with Crippen molar-refractivity contribution in [2.75, 3.05) is 11.9 Å². The second-order valence-corrected chi connectivity index (χ2v) is 9.15. The highest BCUT2D eigenvalue weighted by Crippen LogP contribution is 2.36. The van der Waals surface area contributed by atoms with E-state index in [1.807, 2.05) is 68.4 Å². The van der Waals surface area contributed by atoms with Crippen molar-refractivity contribution in [1.82, 2.24) is 0 Å². The minimum absolute atomic E-state index is 0.00311. The summed E-state index contributed by atoms with van der Waals surface area (Å²) in [6.45, 7) is 4.65. The molecule has 0 atom stereocenters. The van der Waals surface area contributed by atoms with Gasteiger partial charge in [0.2, 0.25) is 0 Å². The molecule has 0 spiro atoms. The Kier molecular flexibility index (Phi) is 8.92. The van der Waals surface area contributed by atoms with Crippen LogP contribution in [0.2, 0.25) is 0 Å². The maximum absolute atomic E-state index is 12.6. The van der Waals surface area contributed by atoms with Gasteiger partial charge in [0, 0.05) is 15.7 Å². The number of hydrogen-bond donors (Lipinski definition) is 1. The average Bonchev–Trinajstić information content (AvgIpc) is 2.78. The third-order valence-corrected chi connectivity index (χ3v) is 6.19. The maximum Gasteiger partial charge on any atom is 0.266 e. The number of carbonyl (C=O) groups is 1. The molecule has 0 aliphatic heterocycles. The van der Waals surface area contributed by atoms with E-state index < -0.39 is 5.91 Å². The second-order valence-electron chi connectivity index (χ2n) is 7.14. The molecule has 0 aromatic heterocycles. The van der Waals surface area contributed by atoms with E-state index in [-0.39, 0.29) is 5.57 Å². The fourth-order valence-corrected chi connectivity index (χ4v) is 4.26. The van der Waals surface area contributed by atoms with Gasteiger partial charge in [-0.25, -0.2) is 0 Å². The standard InChI is InChI=1S/C26H22BrIN2O3/c1-3-32-24-14-18(12-20(15-29)26(31)30-21-9-6-7-17(2)11-21)13-23(28)25(24)33-16-19-8-4-5-10-22(19)27/h4-14H,3,16H2,1-2H3,(H,30,31)/b20-12+. The van der Waals surface area contributed by atoms with Gasteiger partial charge in [0.1, 0.15) is 18.2 Å². The SMILES string of the molecule is CCOc1cc(/C=C(\C#N)C(=O)Nc2cccc(C)c2)cc(I)c1OCc1ccccc1Br. The second kappa shape index (κ2) is 11.9. The van der Waals surface area contributed by atoms with Crippen LogP contribution >= 0.6 is 38.5 Å².